The number of hydrogen-bond acceptors (Lipinski definition) is 5. The summed E-state index contributed by atoms with van der Waals surface area (Å²) in [5.41, 5.74) is 1.94. The molecule has 6 nitrogen and oxygen atoms in total. The lowest BCUT2D eigenvalue weighted by molar-refractivity contribution is -0.113. The molecule has 7 heteroatoms. The van der Waals surface area contributed by atoms with Gasteiger partial charge in [-0.2, -0.15) is 0 Å². The van der Waals surface area contributed by atoms with Crippen LogP contribution in [0.25, 0.3) is 0 Å². The predicted octanol–water partition coefficient (Wildman–Crippen LogP) is 3.43. The van der Waals surface area contributed by atoms with Crippen molar-refractivity contribution in [2.24, 2.45) is 7.05 Å². The van der Waals surface area contributed by atoms with Crippen molar-refractivity contribution in [1.29, 1.82) is 0 Å². The van der Waals surface area contributed by atoms with Crippen molar-refractivity contribution >= 4 is 23.4 Å². The molecule has 0 saturated heterocycles. The second-order valence-corrected chi connectivity index (χ2v) is 6.70. The average Bonchev–Trinajstić information content (AvgIpc) is 3.01. The van der Waals surface area contributed by atoms with Crippen molar-refractivity contribution in [2.75, 3.05) is 11.1 Å². The Balaban J connectivity index is 1.51. The number of aromatic nitrogens is 3. The molecule has 0 fully saturated rings. The van der Waals surface area contributed by atoms with Crippen LogP contribution in [0.3, 0.4) is 0 Å². The molecule has 0 aliphatic heterocycles. The maximum atomic E-state index is 12.1. The number of carbonyl (C=O) groups excluding carboxylic acids is 1. The van der Waals surface area contributed by atoms with Gasteiger partial charge in [0.1, 0.15) is 12.4 Å². The molecule has 0 spiro atoms. The van der Waals surface area contributed by atoms with Crippen LogP contribution < -0.4 is 10.1 Å². The van der Waals surface area contributed by atoms with Crippen molar-refractivity contribution < 1.29 is 9.53 Å². The number of hydrogen-bond donors (Lipinski definition) is 1. The second kappa shape index (κ2) is 8.53. The van der Waals surface area contributed by atoms with E-state index in [1.807, 2.05) is 73.1 Å². The first-order valence-corrected chi connectivity index (χ1v) is 9.16. The van der Waals surface area contributed by atoms with Crippen molar-refractivity contribution in [1.82, 2.24) is 14.8 Å². The summed E-state index contributed by atoms with van der Waals surface area (Å²) in [6, 6.07) is 17.3. The number of aryl methyl sites for hydroxylation is 1. The number of para-hydroxylation sites is 1. The molecule has 0 aliphatic carbocycles. The molecular formula is C19H20N4O2S. The predicted molar refractivity (Wildman–Crippen MR) is 102 cm³/mol. The number of amides is 1. The van der Waals surface area contributed by atoms with Gasteiger partial charge in [0, 0.05) is 12.7 Å². The minimum atomic E-state index is -0.0797. The fourth-order valence-corrected chi connectivity index (χ4v) is 2.96. The highest BCUT2D eigenvalue weighted by atomic mass is 32.2. The Hall–Kier alpha value is -2.80. The van der Waals surface area contributed by atoms with E-state index in [2.05, 4.69) is 15.5 Å². The van der Waals surface area contributed by atoms with Crippen LogP contribution in [0.5, 0.6) is 5.75 Å². The molecule has 0 aliphatic rings. The summed E-state index contributed by atoms with van der Waals surface area (Å²) >= 11 is 1.34. The topological polar surface area (TPSA) is 69.0 Å². The highest BCUT2D eigenvalue weighted by molar-refractivity contribution is 7.99. The third kappa shape index (κ3) is 4.86. The summed E-state index contributed by atoms with van der Waals surface area (Å²) in [6.45, 7) is 2.33. The van der Waals surface area contributed by atoms with E-state index in [9.17, 15) is 4.79 Å². The maximum absolute atomic E-state index is 12.1. The second-order valence-electron chi connectivity index (χ2n) is 5.76. The van der Waals surface area contributed by atoms with E-state index < -0.39 is 0 Å². The molecule has 1 heterocycles. The summed E-state index contributed by atoms with van der Waals surface area (Å²) < 4.78 is 7.53. The molecule has 3 aromatic rings. The third-order valence-corrected chi connectivity index (χ3v) is 4.72. The SMILES string of the molecule is Cc1ccc(NC(=O)CSc2nnc(COc3ccccc3)n2C)cc1. The van der Waals surface area contributed by atoms with Crippen molar-refractivity contribution in [3.05, 3.63) is 66.0 Å². The lowest BCUT2D eigenvalue weighted by atomic mass is 10.2. The number of anilines is 1. The van der Waals surface area contributed by atoms with E-state index in [0.29, 0.717) is 17.6 Å². The Kier molecular flexibility index (Phi) is 5.91. The van der Waals surface area contributed by atoms with Gasteiger partial charge in [0.2, 0.25) is 5.91 Å². The number of benzene rings is 2. The van der Waals surface area contributed by atoms with E-state index in [4.69, 9.17) is 4.74 Å². The molecule has 0 bridgehead atoms. The summed E-state index contributed by atoms with van der Waals surface area (Å²) in [4.78, 5) is 12.1. The smallest absolute Gasteiger partial charge is 0.234 e. The Morgan fingerprint density at radius 2 is 1.85 bits per heavy atom. The van der Waals surface area contributed by atoms with Crippen molar-refractivity contribution in [3.8, 4) is 5.75 Å². The van der Waals surface area contributed by atoms with Gasteiger partial charge in [-0.05, 0) is 31.2 Å². The molecule has 26 heavy (non-hydrogen) atoms. The Bertz CT molecular complexity index is 863. The third-order valence-electron chi connectivity index (χ3n) is 3.70. The number of rotatable bonds is 7. The largest absolute Gasteiger partial charge is 0.486 e. The highest BCUT2D eigenvalue weighted by Gasteiger charge is 2.12. The minimum absolute atomic E-state index is 0.0797. The zero-order valence-electron chi connectivity index (χ0n) is 14.7. The molecule has 2 aromatic carbocycles. The Morgan fingerprint density at radius 3 is 2.58 bits per heavy atom. The van der Waals surface area contributed by atoms with Crippen LogP contribution >= 0.6 is 11.8 Å². The van der Waals surface area contributed by atoms with Gasteiger partial charge >= 0.3 is 0 Å². The first kappa shape index (κ1) is 18.0. The molecule has 0 atom stereocenters. The standard InChI is InChI=1S/C19H20N4O2S/c1-14-8-10-15(11-9-14)20-18(24)13-26-19-22-21-17(23(19)2)12-25-16-6-4-3-5-7-16/h3-11H,12-13H2,1-2H3,(H,20,24). The Morgan fingerprint density at radius 1 is 1.12 bits per heavy atom. The molecule has 134 valence electrons. The number of carbonyl (C=O) groups is 1. The molecule has 1 aromatic heterocycles. The molecule has 0 radical (unpaired) electrons. The van der Waals surface area contributed by atoms with Gasteiger partial charge in [-0.3, -0.25) is 4.79 Å². The lowest BCUT2D eigenvalue weighted by Gasteiger charge is -2.07. The van der Waals surface area contributed by atoms with E-state index in [1.54, 1.807) is 0 Å². The number of nitrogens with one attached hydrogen (secondary N) is 1. The van der Waals surface area contributed by atoms with Crippen LogP contribution in [-0.4, -0.2) is 26.4 Å². The summed E-state index contributed by atoms with van der Waals surface area (Å²) in [5, 5.41) is 11.8. The summed E-state index contributed by atoms with van der Waals surface area (Å²) in [7, 11) is 1.86. The van der Waals surface area contributed by atoms with Crippen LogP contribution in [0.15, 0.2) is 59.8 Å². The monoisotopic (exact) mass is 368 g/mol. The number of ether oxygens (including phenoxy) is 1. The van der Waals surface area contributed by atoms with Gasteiger partial charge in [-0.15, -0.1) is 10.2 Å². The molecular weight excluding hydrogens is 348 g/mol. The summed E-state index contributed by atoms with van der Waals surface area (Å²) in [5.74, 6) is 1.67. The van der Waals surface area contributed by atoms with E-state index in [-0.39, 0.29) is 11.7 Å². The number of nitrogens with zero attached hydrogens (tertiary/aromatic N) is 3. The summed E-state index contributed by atoms with van der Waals surface area (Å²) in [6.07, 6.45) is 0. The zero-order valence-corrected chi connectivity index (χ0v) is 15.5. The molecule has 0 saturated carbocycles. The van der Waals surface area contributed by atoms with Gasteiger partial charge < -0.3 is 14.6 Å². The highest BCUT2D eigenvalue weighted by Crippen LogP contribution is 2.18. The fourth-order valence-electron chi connectivity index (χ4n) is 2.23. The van der Waals surface area contributed by atoms with Gasteiger partial charge in [0.05, 0.1) is 5.75 Å². The Labute approximate surface area is 156 Å². The first-order valence-electron chi connectivity index (χ1n) is 8.17. The first-order chi connectivity index (χ1) is 12.6. The van der Waals surface area contributed by atoms with E-state index >= 15 is 0 Å². The zero-order chi connectivity index (χ0) is 18.4. The van der Waals surface area contributed by atoms with Crippen LogP contribution in [0.4, 0.5) is 5.69 Å². The lowest BCUT2D eigenvalue weighted by Crippen LogP contribution is -2.14. The van der Waals surface area contributed by atoms with Gasteiger partial charge in [0.15, 0.2) is 11.0 Å². The van der Waals surface area contributed by atoms with Crippen LogP contribution in [0.1, 0.15) is 11.4 Å². The molecule has 0 unspecified atom stereocenters. The number of thioether (sulfide) groups is 1. The van der Waals surface area contributed by atoms with E-state index in [1.165, 1.54) is 11.8 Å². The fraction of sp³-hybridized carbons (Fsp3) is 0.211. The van der Waals surface area contributed by atoms with Crippen LogP contribution in [0.2, 0.25) is 0 Å². The van der Waals surface area contributed by atoms with E-state index in [0.717, 1.165) is 17.0 Å². The van der Waals surface area contributed by atoms with Gasteiger partial charge in [-0.1, -0.05) is 47.7 Å². The van der Waals surface area contributed by atoms with Crippen molar-refractivity contribution in [3.63, 3.8) is 0 Å². The van der Waals surface area contributed by atoms with Crippen molar-refractivity contribution in [2.45, 2.75) is 18.7 Å². The minimum Gasteiger partial charge on any atom is -0.486 e. The average molecular weight is 368 g/mol. The van der Waals surface area contributed by atoms with Gasteiger partial charge in [-0.25, -0.2) is 0 Å². The quantitative estimate of drug-likeness (QED) is 0.647. The molecule has 1 N–H and O–H groups in total. The molecule has 3 rings (SSSR count). The van der Waals surface area contributed by atoms with Crippen LogP contribution in [0, 0.1) is 6.92 Å². The molecule has 1 amide bonds. The van der Waals surface area contributed by atoms with Crippen LogP contribution in [-0.2, 0) is 18.4 Å². The normalized spacial score (nSPS) is 10.5. The van der Waals surface area contributed by atoms with Gasteiger partial charge in [0.25, 0.3) is 0 Å². The maximum Gasteiger partial charge on any atom is 0.234 e.